The average molecular weight is 296 g/mol. The van der Waals surface area contributed by atoms with Crippen LogP contribution in [-0.4, -0.2) is 11.8 Å². The molecule has 2 N–H and O–H groups in total. The molecule has 0 spiro atoms. The van der Waals surface area contributed by atoms with Gasteiger partial charge in [-0.25, -0.2) is 0 Å². The number of rotatable bonds is 4. The smallest absolute Gasteiger partial charge is 0.257 e. The number of aryl methyl sites for hydroxylation is 2. The molecule has 0 saturated carbocycles. The van der Waals surface area contributed by atoms with Crippen molar-refractivity contribution in [2.24, 2.45) is 0 Å². The first-order valence-corrected chi connectivity index (χ1v) is 7.29. The Morgan fingerprint density at radius 2 is 1.55 bits per heavy atom. The molecule has 0 unspecified atom stereocenters. The van der Waals surface area contributed by atoms with E-state index in [0.717, 1.165) is 16.8 Å². The summed E-state index contributed by atoms with van der Waals surface area (Å²) < 4.78 is 0. The van der Waals surface area contributed by atoms with E-state index < -0.39 is 0 Å². The van der Waals surface area contributed by atoms with Crippen LogP contribution in [0.4, 0.5) is 11.4 Å². The monoisotopic (exact) mass is 296 g/mol. The van der Waals surface area contributed by atoms with Gasteiger partial charge in [-0.15, -0.1) is 0 Å². The minimum atomic E-state index is -0.232. The second kappa shape index (κ2) is 6.89. The Labute approximate surface area is 130 Å². The molecule has 2 amide bonds. The van der Waals surface area contributed by atoms with Gasteiger partial charge in [0.15, 0.2) is 0 Å². The molecular formula is C18H20N2O2. The Bertz CT molecular complexity index is 688. The van der Waals surface area contributed by atoms with Crippen LogP contribution in [0.2, 0.25) is 0 Å². The fourth-order valence-electron chi connectivity index (χ4n) is 2.22. The van der Waals surface area contributed by atoms with Crippen LogP contribution in [-0.2, 0) is 4.79 Å². The molecule has 2 aromatic carbocycles. The maximum atomic E-state index is 12.5. The van der Waals surface area contributed by atoms with Gasteiger partial charge < -0.3 is 10.6 Å². The maximum Gasteiger partial charge on any atom is 0.257 e. The molecule has 0 aromatic heterocycles. The number of amides is 2. The molecule has 0 aliphatic heterocycles. The number of carbonyl (C=O) groups is 2. The lowest BCUT2D eigenvalue weighted by atomic mass is 10.1. The van der Waals surface area contributed by atoms with Gasteiger partial charge >= 0.3 is 0 Å². The number of hydrogen-bond donors (Lipinski definition) is 2. The van der Waals surface area contributed by atoms with Crippen molar-refractivity contribution in [3.63, 3.8) is 0 Å². The normalized spacial score (nSPS) is 10.1. The Hall–Kier alpha value is -2.62. The molecule has 0 radical (unpaired) electrons. The first-order valence-electron chi connectivity index (χ1n) is 7.29. The van der Waals surface area contributed by atoms with Crippen molar-refractivity contribution in [3.8, 4) is 0 Å². The molecule has 0 aliphatic carbocycles. The average Bonchev–Trinajstić information content (AvgIpc) is 2.51. The predicted octanol–water partition coefficient (Wildman–Crippen LogP) is 3.90. The van der Waals surface area contributed by atoms with Gasteiger partial charge in [-0.05, 0) is 37.1 Å². The van der Waals surface area contributed by atoms with Gasteiger partial charge in [-0.2, -0.15) is 0 Å². The summed E-state index contributed by atoms with van der Waals surface area (Å²) in [4.78, 5) is 24.1. The summed E-state index contributed by atoms with van der Waals surface area (Å²) in [5, 5.41) is 5.69. The molecule has 0 bridgehead atoms. The van der Waals surface area contributed by atoms with E-state index in [4.69, 9.17) is 0 Å². The molecule has 0 saturated heterocycles. The van der Waals surface area contributed by atoms with E-state index in [-0.39, 0.29) is 11.8 Å². The topological polar surface area (TPSA) is 58.2 Å². The molecule has 2 rings (SSSR count). The standard InChI is InChI=1S/C18H20N2O2/c1-4-16(21)19-15-11-6-5-10-14(15)18(22)20-17-12(2)8-7-9-13(17)3/h5-11H,4H2,1-3H3,(H,19,21)(H,20,22). The lowest BCUT2D eigenvalue weighted by Crippen LogP contribution is -2.18. The van der Waals surface area contributed by atoms with Gasteiger partial charge in [-0.1, -0.05) is 37.3 Å². The van der Waals surface area contributed by atoms with Crippen molar-refractivity contribution < 1.29 is 9.59 Å². The lowest BCUT2D eigenvalue weighted by Gasteiger charge is -2.14. The Morgan fingerprint density at radius 3 is 2.18 bits per heavy atom. The molecule has 0 fully saturated rings. The molecule has 0 aliphatic rings. The summed E-state index contributed by atoms with van der Waals surface area (Å²) in [5.41, 5.74) is 3.79. The Balaban J connectivity index is 2.28. The molecule has 2 aromatic rings. The van der Waals surface area contributed by atoms with Crippen molar-refractivity contribution in [1.82, 2.24) is 0 Å². The van der Waals surface area contributed by atoms with Gasteiger partial charge in [0, 0.05) is 12.1 Å². The second-order valence-corrected chi connectivity index (χ2v) is 5.17. The van der Waals surface area contributed by atoms with Crippen LogP contribution in [0.15, 0.2) is 42.5 Å². The third-order valence-corrected chi connectivity index (χ3v) is 3.49. The fraction of sp³-hybridized carbons (Fsp3) is 0.222. The highest BCUT2D eigenvalue weighted by molar-refractivity contribution is 6.10. The molecular weight excluding hydrogens is 276 g/mol. The van der Waals surface area contributed by atoms with Gasteiger partial charge in [-0.3, -0.25) is 9.59 Å². The number of hydrogen-bond acceptors (Lipinski definition) is 2. The van der Waals surface area contributed by atoms with Crippen molar-refractivity contribution >= 4 is 23.2 Å². The summed E-state index contributed by atoms with van der Waals surface area (Å²) in [5.74, 6) is -0.350. The zero-order valence-electron chi connectivity index (χ0n) is 13.1. The molecule has 4 heteroatoms. The Morgan fingerprint density at radius 1 is 0.909 bits per heavy atom. The number of benzene rings is 2. The summed E-state index contributed by atoms with van der Waals surface area (Å²) in [6.07, 6.45) is 0.368. The van der Waals surface area contributed by atoms with Crippen molar-refractivity contribution in [2.75, 3.05) is 10.6 Å². The van der Waals surface area contributed by atoms with Crippen molar-refractivity contribution in [1.29, 1.82) is 0 Å². The molecule has 114 valence electrons. The van der Waals surface area contributed by atoms with E-state index in [0.29, 0.717) is 17.7 Å². The van der Waals surface area contributed by atoms with Crippen LogP contribution in [0.1, 0.15) is 34.8 Å². The van der Waals surface area contributed by atoms with Crippen LogP contribution in [0, 0.1) is 13.8 Å². The first-order chi connectivity index (χ1) is 10.5. The third kappa shape index (κ3) is 3.52. The zero-order chi connectivity index (χ0) is 16.1. The highest BCUT2D eigenvalue weighted by Crippen LogP contribution is 2.22. The van der Waals surface area contributed by atoms with Gasteiger partial charge in [0.25, 0.3) is 5.91 Å². The van der Waals surface area contributed by atoms with Crippen LogP contribution in [0.3, 0.4) is 0 Å². The molecule has 4 nitrogen and oxygen atoms in total. The van der Waals surface area contributed by atoms with Crippen molar-refractivity contribution in [3.05, 3.63) is 59.2 Å². The first kappa shape index (κ1) is 15.8. The highest BCUT2D eigenvalue weighted by atomic mass is 16.2. The summed E-state index contributed by atoms with van der Waals surface area (Å²) in [7, 11) is 0. The predicted molar refractivity (Wildman–Crippen MR) is 89.2 cm³/mol. The maximum absolute atomic E-state index is 12.5. The molecule has 0 atom stereocenters. The summed E-state index contributed by atoms with van der Waals surface area (Å²) >= 11 is 0. The van der Waals surface area contributed by atoms with E-state index in [9.17, 15) is 9.59 Å². The molecule has 22 heavy (non-hydrogen) atoms. The van der Waals surface area contributed by atoms with Gasteiger partial charge in [0.2, 0.25) is 5.91 Å². The number of carbonyl (C=O) groups excluding carboxylic acids is 2. The van der Waals surface area contributed by atoms with Crippen LogP contribution < -0.4 is 10.6 Å². The quantitative estimate of drug-likeness (QED) is 0.899. The highest BCUT2D eigenvalue weighted by Gasteiger charge is 2.14. The second-order valence-electron chi connectivity index (χ2n) is 5.17. The van der Waals surface area contributed by atoms with E-state index in [1.165, 1.54) is 0 Å². The zero-order valence-corrected chi connectivity index (χ0v) is 13.1. The van der Waals surface area contributed by atoms with Crippen LogP contribution in [0.5, 0.6) is 0 Å². The van der Waals surface area contributed by atoms with Crippen molar-refractivity contribution in [2.45, 2.75) is 27.2 Å². The Kier molecular flexibility index (Phi) is 4.94. The third-order valence-electron chi connectivity index (χ3n) is 3.49. The van der Waals surface area contributed by atoms with Crippen LogP contribution in [0.25, 0.3) is 0 Å². The molecule has 0 heterocycles. The van der Waals surface area contributed by atoms with E-state index in [1.807, 2.05) is 32.0 Å². The summed E-state index contributed by atoms with van der Waals surface area (Å²) in [6, 6.07) is 12.9. The van der Waals surface area contributed by atoms with E-state index >= 15 is 0 Å². The number of anilines is 2. The van der Waals surface area contributed by atoms with Gasteiger partial charge in [0.05, 0.1) is 11.3 Å². The summed E-state index contributed by atoms with van der Waals surface area (Å²) in [6.45, 7) is 5.68. The number of para-hydroxylation sites is 2. The van der Waals surface area contributed by atoms with E-state index in [1.54, 1.807) is 31.2 Å². The fourth-order valence-corrected chi connectivity index (χ4v) is 2.22. The largest absolute Gasteiger partial charge is 0.325 e. The SMILES string of the molecule is CCC(=O)Nc1ccccc1C(=O)Nc1c(C)cccc1C. The number of nitrogens with one attached hydrogen (secondary N) is 2. The minimum Gasteiger partial charge on any atom is -0.325 e. The minimum absolute atomic E-state index is 0.118. The van der Waals surface area contributed by atoms with Crippen LogP contribution >= 0.6 is 0 Å². The lowest BCUT2D eigenvalue weighted by molar-refractivity contribution is -0.115. The van der Waals surface area contributed by atoms with Gasteiger partial charge in [0.1, 0.15) is 0 Å². The van der Waals surface area contributed by atoms with E-state index in [2.05, 4.69) is 10.6 Å².